The van der Waals surface area contributed by atoms with Gasteiger partial charge in [-0.1, -0.05) is 37.5 Å². The molecule has 2 aromatic heterocycles. The van der Waals surface area contributed by atoms with Gasteiger partial charge in [-0.05, 0) is 61.5 Å². The summed E-state index contributed by atoms with van der Waals surface area (Å²) in [5.41, 5.74) is 2.28. The van der Waals surface area contributed by atoms with Crippen molar-refractivity contribution in [3.8, 4) is 0 Å². The van der Waals surface area contributed by atoms with Crippen LogP contribution in [0.15, 0.2) is 67.0 Å². The zero-order chi connectivity index (χ0) is 24.2. The molecule has 0 unspecified atom stereocenters. The van der Waals surface area contributed by atoms with Crippen molar-refractivity contribution in [3.05, 3.63) is 84.2 Å². The fourth-order valence-electron chi connectivity index (χ4n) is 5.31. The van der Waals surface area contributed by atoms with Gasteiger partial charge in [-0.3, -0.25) is 9.78 Å². The number of carbonyl (C=O) groups is 1. The predicted octanol–water partition coefficient (Wildman–Crippen LogP) is 5.53. The summed E-state index contributed by atoms with van der Waals surface area (Å²) >= 11 is 5.76. The quantitative estimate of drug-likeness (QED) is 0.426. The van der Waals surface area contributed by atoms with Gasteiger partial charge in [-0.15, -0.1) is 0 Å². The number of aromatic nitrogens is 2. The highest BCUT2D eigenvalue weighted by Gasteiger charge is 2.41. The minimum atomic E-state index is -0.447. The molecular weight excluding hydrogens is 461 g/mol. The average molecular weight is 492 g/mol. The molecule has 3 aromatic rings. The zero-order valence-electron chi connectivity index (χ0n) is 19.6. The third-order valence-electron chi connectivity index (χ3n) is 7.01. The van der Waals surface area contributed by atoms with Gasteiger partial charge in [0.2, 0.25) is 5.91 Å². The highest BCUT2D eigenvalue weighted by molar-refractivity contribution is 7.80. The van der Waals surface area contributed by atoms with E-state index in [1.807, 2.05) is 18.2 Å². The summed E-state index contributed by atoms with van der Waals surface area (Å²) in [6.07, 6.45) is 10.3. The first-order chi connectivity index (χ1) is 17.1. The lowest BCUT2D eigenvalue weighted by Gasteiger charge is -2.32. The third-order valence-corrected chi connectivity index (χ3v) is 7.36. The van der Waals surface area contributed by atoms with E-state index in [1.54, 1.807) is 24.4 Å². The largest absolute Gasteiger partial charge is 0.352 e. The molecule has 6 nitrogen and oxygen atoms in total. The summed E-state index contributed by atoms with van der Waals surface area (Å²) in [5, 5.41) is 6.74. The number of rotatable bonds is 7. The molecule has 2 atom stereocenters. The van der Waals surface area contributed by atoms with Crippen LogP contribution in [-0.2, 0) is 4.79 Å². The first-order valence-electron chi connectivity index (χ1n) is 12.3. The first-order valence-corrected chi connectivity index (χ1v) is 12.7. The first kappa shape index (κ1) is 23.5. The second-order valence-corrected chi connectivity index (χ2v) is 9.62. The van der Waals surface area contributed by atoms with Gasteiger partial charge in [0.25, 0.3) is 0 Å². The van der Waals surface area contributed by atoms with Crippen LogP contribution in [0.2, 0.25) is 0 Å². The number of nitrogens with zero attached hydrogens (tertiary/aromatic N) is 3. The minimum absolute atomic E-state index is 0.101. The van der Waals surface area contributed by atoms with Crippen LogP contribution in [0.1, 0.15) is 68.0 Å². The standard InChI is InChI=1S/C27H30FN5OS/c28-20-11-4-5-12-21(20)30-24(34)15-18-33-26(25(31-27(33)35)22-13-6-7-16-29-22)23-14-8-17-32(23)19-9-2-1-3-10-19/h4-8,11-14,16-17,19,25-26H,1-3,9-10,15,18H2,(H,30,34)(H,31,35)/t25-,26+/m1/s1. The SMILES string of the molecule is O=C(CCN1C(=S)N[C@H](c2ccccn2)[C@@H]1c1cccn1C1CCCCC1)Nc1ccccc1F. The van der Waals surface area contributed by atoms with E-state index in [0.29, 0.717) is 17.7 Å². The Morgan fingerprint density at radius 2 is 1.89 bits per heavy atom. The molecule has 3 heterocycles. The van der Waals surface area contributed by atoms with Crippen molar-refractivity contribution in [1.82, 2.24) is 19.8 Å². The smallest absolute Gasteiger partial charge is 0.226 e. The van der Waals surface area contributed by atoms with Crippen molar-refractivity contribution < 1.29 is 9.18 Å². The monoisotopic (exact) mass is 491 g/mol. The Kier molecular flexibility index (Phi) is 7.08. The summed E-state index contributed by atoms with van der Waals surface area (Å²) in [4.78, 5) is 19.4. The molecule has 1 aromatic carbocycles. The molecule has 1 aliphatic carbocycles. The number of benzene rings is 1. The topological polar surface area (TPSA) is 62.2 Å². The Hall–Kier alpha value is -3.26. The molecule has 2 fully saturated rings. The number of hydrogen-bond acceptors (Lipinski definition) is 3. The van der Waals surface area contributed by atoms with Gasteiger partial charge >= 0.3 is 0 Å². The van der Waals surface area contributed by atoms with E-state index in [4.69, 9.17) is 12.2 Å². The number of anilines is 1. The summed E-state index contributed by atoms with van der Waals surface area (Å²) in [6, 6.07) is 16.6. The molecule has 1 amide bonds. The lowest BCUT2D eigenvalue weighted by atomic mass is 9.94. The van der Waals surface area contributed by atoms with Crippen molar-refractivity contribution in [2.24, 2.45) is 0 Å². The van der Waals surface area contributed by atoms with Crippen LogP contribution in [0.3, 0.4) is 0 Å². The maximum Gasteiger partial charge on any atom is 0.226 e. The number of hydrogen-bond donors (Lipinski definition) is 2. The van der Waals surface area contributed by atoms with Gasteiger partial charge in [0.05, 0.1) is 23.5 Å². The Labute approximate surface area is 210 Å². The second kappa shape index (κ2) is 10.6. The summed E-state index contributed by atoms with van der Waals surface area (Å²) in [5.74, 6) is -0.696. The minimum Gasteiger partial charge on any atom is -0.352 e. The van der Waals surface area contributed by atoms with E-state index in [2.05, 4.69) is 43.4 Å². The number of carbonyl (C=O) groups excluding carboxylic acids is 1. The van der Waals surface area contributed by atoms with Crippen LogP contribution in [0.5, 0.6) is 0 Å². The number of thiocarbonyl (C=S) groups is 1. The van der Waals surface area contributed by atoms with Gasteiger partial charge in [0.1, 0.15) is 5.82 Å². The third kappa shape index (κ3) is 5.07. The molecule has 0 bridgehead atoms. The molecule has 8 heteroatoms. The summed E-state index contributed by atoms with van der Waals surface area (Å²) in [6.45, 7) is 0.413. The van der Waals surface area contributed by atoms with Crippen molar-refractivity contribution in [1.29, 1.82) is 0 Å². The van der Waals surface area contributed by atoms with Crippen molar-refractivity contribution in [2.45, 2.75) is 56.7 Å². The van der Waals surface area contributed by atoms with Crippen LogP contribution in [0, 0.1) is 5.82 Å². The molecule has 182 valence electrons. The molecule has 5 rings (SSSR count). The van der Waals surface area contributed by atoms with Crippen molar-refractivity contribution >= 4 is 28.9 Å². The van der Waals surface area contributed by atoms with E-state index >= 15 is 0 Å². The molecule has 1 saturated heterocycles. The number of halogens is 1. The van der Waals surface area contributed by atoms with Crippen LogP contribution in [0.4, 0.5) is 10.1 Å². The molecule has 0 spiro atoms. The van der Waals surface area contributed by atoms with E-state index in [9.17, 15) is 9.18 Å². The normalized spacial score (nSPS) is 20.6. The van der Waals surface area contributed by atoms with E-state index in [1.165, 1.54) is 43.9 Å². The maximum absolute atomic E-state index is 14.0. The molecular formula is C27H30FN5OS. The highest BCUT2D eigenvalue weighted by atomic mass is 32.1. The van der Waals surface area contributed by atoms with Gasteiger partial charge in [-0.25, -0.2) is 4.39 Å². The Balaban J connectivity index is 1.40. The lowest BCUT2D eigenvalue weighted by molar-refractivity contribution is -0.116. The number of amides is 1. The number of nitrogens with one attached hydrogen (secondary N) is 2. The summed E-state index contributed by atoms with van der Waals surface area (Å²) in [7, 11) is 0. The molecule has 35 heavy (non-hydrogen) atoms. The van der Waals surface area contributed by atoms with Gasteiger partial charge in [0.15, 0.2) is 5.11 Å². The van der Waals surface area contributed by atoms with Crippen molar-refractivity contribution in [2.75, 3.05) is 11.9 Å². The number of pyridine rings is 1. The van der Waals surface area contributed by atoms with Gasteiger partial charge in [-0.2, -0.15) is 0 Å². The predicted molar refractivity (Wildman–Crippen MR) is 138 cm³/mol. The van der Waals surface area contributed by atoms with Crippen LogP contribution >= 0.6 is 12.2 Å². The fraction of sp³-hybridized carbons (Fsp3) is 0.370. The Bertz CT molecular complexity index is 1180. The molecule has 0 radical (unpaired) electrons. The Morgan fingerprint density at radius 3 is 2.66 bits per heavy atom. The van der Waals surface area contributed by atoms with Crippen LogP contribution < -0.4 is 10.6 Å². The van der Waals surface area contributed by atoms with E-state index < -0.39 is 5.82 Å². The highest BCUT2D eigenvalue weighted by Crippen LogP contribution is 2.41. The molecule has 1 saturated carbocycles. The molecule has 1 aliphatic heterocycles. The fourth-order valence-corrected chi connectivity index (χ4v) is 5.65. The zero-order valence-corrected chi connectivity index (χ0v) is 20.4. The Morgan fingerprint density at radius 1 is 1.09 bits per heavy atom. The number of para-hydroxylation sites is 1. The summed E-state index contributed by atoms with van der Waals surface area (Å²) < 4.78 is 16.4. The van der Waals surface area contributed by atoms with Crippen LogP contribution in [0.25, 0.3) is 0 Å². The molecule has 2 aliphatic rings. The second-order valence-electron chi connectivity index (χ2n) is 9.23. The van der Waals surface area contributed by atoms with E-state index in [0.717, 1.165) is 5.69 Å². The molecule has 2 N–H and O–H groups in total. The van der Waals surface area contributed by atoms with Gasteiger partial charge in [0, 0.05) is 37.1 Å². The lowest BCUT2D eigenvalue weighted by Crippen LogP contribution is -2.34. The van der Waals surface area contributed by atoms with E-state index in [-0.39, 0.29) is 30.1 Å². The van der Waals surface area contributed by atoms with Crippen LogP contribution in [-0.4, -0.2) is 32.0 Å². The maximum atomic E-state index is 14.0. The van der Waals surface area contributed by atoms with Gasteiger partial charge < -0.3 is 20.1 Å². The van der Waals surface area contributed by atoms with Crippen molar-refractivity contribution in [3.63, 3.8) is 0 Å². The average Bonchev–Trinajstić information content (AvgIpc) is 3.49.